The second kappa shape index (κ2) is 9.62. The van der Waals surface area contributed by atoms with Crippen LogP contribution in [-0.4, -0.2) is 64.7 Å². The van der Waals surface area contributed by atoms with E-state index in [0.29, 0.717) is 16.3 Å². The Balaban J connectivity index is 1.55. The van der Waals surface area contributed by atoms with Crippen LogP contribution in [0.25, 0.3) is 0 Å². The van der Waals surface area contributed by atoms with Crippen molar-refractivity contribution in [2.24, 2.45) is 17.8 Å². The van der Waals surface area contributed by atoms with Gasteiger partial charge in [-0.3, -0.25) is 24.1 Å². The van der Waals surface area contributed by atoms with Crippen LogP contribution in [0.4, 0.5) is 5.69 Å². The Kier molecular flexibility index (Phi) is 6.61. The molecule has 2 heterocycles. The first-order chi connectivity index (χ1) is 19.8. The highest BCUT2D eigenvalue weighted by atomic mass is 35.5. The minimum Gasteiger partial charge on any atom is -0.507 e. The molecular weight excluding hydrogens is 607 g/mol. The SMILES string of the molecule is COc1cc(O)c([C@H]2C3=CC[C@@H]4C(=O)N(c5ccc(C)c(Cl)c5)C(=O)[C@@H]4[C@@H]3C[C@@]3(Cl)C(=O)N(C)C(=O)[C@@]23Cl)c(OC)c1. The molecule has 2 aliphatic carbocycles. The fourth-order valence-electron chi connectivity index (χ4n) is 7.20. The molecule has 2 saturated heterocycles. The number of anilines is 1. The smallest absolute Gasteiger partial charge is 0.253 e. The number of rotatable bonds is 4. The number of fused-ring (bicyclic) bond motifs is 4. The van der Waals surface area contributed by atoms with Crippen LogP contribution in [0.15, 0.2) is 42.0 Å². The number of amides is 4. The molecule has 6 rings (SSSR count). The average Bonchev–Trinajstić information content (AvgIpc) is 3.29. The van der Waals surface area contributed by atoms with E-state index in [1.807, 2.05) is 6.92 Å². The number of nitrogens with zero attached hydrogens (tertiary/aromatic N) is 2. The number of hydrogen-bond acceptors (Lipinski definition) is 7. The van der Waals surface area contributed by atoms with Gasteiger partial charge < -0.3 is 14.6 Å². The normalized spacial score (nSPS) is 32.0. The van der Waals surface area contributed by atoms with Crippen LogP contribution >= 0.6 is 34.8 Å². The van der Waals surface area contributed by atoms with Crippen LogP contribution in [0.2, 0.25) is 5.02 Å². The molecule has 42 heavy (non-hydrogen) atoms. The summed E-state index contributed by atoms with van der Waals surface area (Å²) in [6.45, 7) is 1.82. The number of aryl methyl sites for hydroxylation is 1. The molecule has 2 aromatic rings. The molecule has 0 unspecified atom stereocenters. The van der Waals surface area contributed by atoms with E-state index in [1.54, 1.807) is 24.3 Å². The third-order valence-electron chi connectivity index (χ3n) is 9.27. The van der Waals surface area contributed by atoms with E-state index in [1.165, 1.54) is 33.4 Å². The van der Waals surface area contributed by atoms with E-state index < -0.39 is 51.1 Å². The van der Waals surface area contributed by atoms with Gasteiger partial charge in [-0.1, -0.05) is 29.3 Å². The molecule has 0 radical (unpaired) electrons. The fourth-order valence-corrected chi connectivity index (χ4v) is 8.38. The lowest BCUT2D eigenvalue weighted by molar-refractivity contribution is -0.138. The van der Waals surface area contributed by atoms with Gasteiger partial charge in [-0.25, -0.2) is 4.90 Å². The molecule has 0 spiro atoms. The van der Waals surface area contributed by atoms with Crippen molar-refractivity contribution in [1.82, 2.24) is 4.90 Å². The Hall–Kier alpha value is -3.27. The number of hydrogen-bond donors (Lipinski definition) is 1. The summed E-state index contributed by atoms with van der Waals surface area (Å²) in [7, 11) is 4.11. The number of phenols is 1. The highest BCUT2D eigenvalue weighted by Gasteiger charge is 2.76. The van der Waals surface area contributed by atoms with Crippen molar-refractivity contribution in [3.05, 3.63) is 58.1 Å². The molecular formula is C30H27Cl3N2O7. The molecule has 9 nitrogen and oxygen atoms in total. The van der Waals surface area contributed by atoms with E-state index >= 15 is 0 Å². The summed E-state index contributed by atoms with van der Waals surface area (Å²) in [5, 5.41) is 11.7. The molecule has 2 aromatic carbocycles. The van der Waals surface area contributed by atoms with E-state index in [2.05, 4.69) is 0 Å². The van der Waals surface area contributed by atoms with Crippen LogP contribution < -0.4 is 14.4 Å². The van der Waals surface area contributed by atoms with Gasteiger partial charge in [0.25, 0.3) is 11.8 Å². The number of carbonyl (C=O) groups is 4. The summed E-state index contributed by atoms with van der Waals surface area (Å²) < 4.78 is 10.9. The lowest BCUT2D eigenvalue weighted by atomic mass is 9.56. The standard InChI is InChI=1S/C30H27Cl3N2O7/c1-13-5-6-14(9-19(13)31)35-25(37)17-8-7-16-18(22(17)26(35)38)12-29(32)27(39)34(2)28(40)30(29,33)24(16)23-20(36)10-15(41-3)11-21(23)42-4/h5-7,9-11,17-18,22,24,36H,8,12H2,1-4H3/t17-,18+,22-,24+,29+,30-/m0/s1. The molecule has 3 fully saturated rings. The highest BCUT2D eigenvalue weighted by molar-refractivity contribution is 6.53. The quantitative estimate of drug-likeness (QED) is 0.298. The fraction of sp³-hybridized carbons (Fsp3) is 0.400. The number of halogens is 3. The third kappa shape index (κ3) is 3.56. The van der Waals surface area contributed by atoms with Crippen molar-refractivity contribution >= 4 is 64.1 Å². The minimum atomic E-state index is -2.06. The van der Waals surface area contributed by atoms with E-state index in [9.17, 15) is 24.3 Å². The molecule has 1 N–H and O–H groups in total. The highest BCUT2D eigenvalue weighted by Crippen LogP contribution is 2.67. The zero-order chi connectivity index (χ0) is 30.5. The summed E-state index contributed by atoms with van der Waals surface area (Å²) in [6, 6.07) is 7.84. The summed E-state index contributed by atoms with van der Waals surface area (Å²) in [4.78, 5) is 53.2. The first-order valence-corrected chi connectivity index (χ1v) is 14.4. The molecule has 0 aromatic heterocycles. The molecule has 220 valence electrons. The third-order valence-corrected chi connectivity index (χ3v) is 11.1. The molecule has 4 aliphatic rings. The van der Waals surface area contributed by atoms with Gasteiger partial charge in [-0.15, -0.1) is 23.2 Å². The molecule has 12 heteroatoms. The first-order valence-electron chi connectivity index (χ1n) is 13.3. The number of likely N-dealkylation sites (tertiary alicyclic amines) is 1. The summed E-state index contributed by atoms with van der Waals surface area (Å²) in [5.74, 6) is -5.72. The van der Waals surface area contributed by atoms with E-state index in [4.69, 9.17) is 44.3 Å². The van der Waals surface area contributed by atoms with Gasteiger partial charge in [0.15, 0.2) is 9.75 Å². The Bertz CT molecular complexity index is 1630. The number of alkyl halides is 2. The summed E-state index contributed by atoms with van der Waals surface area (Å²) >= 11 is 20.7. The monoisotopic (exact) mass is 632 g/mol. The van der Waals surface area contributed by atoms with E-state index in [-0.39, 0.29) is 41.6 Å². The molecule has 0 bridgehead atoms. The number of imide groups is 2. The number of phenolic OH excluding ortho intramolecular Hbond substituents is 1. The lowest BCUT2D eigenvalue weighted by Crippen LogP contribution is -2.60. The topological polar surface area (TPSA) is 113 Å². The second-order valence-corrected chi connectivity index (χ2v) is 12.9. The van der Waals surface area contributed by atoms with Crippen molar-refractivity contribution in [3.8, 4) is 17.2 Å². The number of ether oxygens (including phenoxy) is 2. The Labute approximate surface area is 256 Å². The average molecular weight is 634 g/mol. The molecule has 1 saturated carbocycles. The van der Waals surface area contributed by atoms with Crippen LogP contribution in [0.3, 0.4) is 0 Å². The maximum atomic E-state index is 14.1. The van der Waals surface area contributed by atoms with Crippen LogP contribution in [0.5, 0.6) is 17.2 Å². The van der Waals surface area contributed by atoms with Crippen molar-refractivity contribution in [2.45, 2.75) is 35.4 Å². The lowest BCUT2D eigenvalue weighted by Gasteiger charge is -2.51. The summed E-state index contributed by atoms with van der Waals surface area (Å²) in [5.41, 5.74) is 1.80. The Morgan fingerprint density at radius 3 is 2.33 bits per heavy atom. The number of benzene rings is 2. The van der Waals surface area contributed by atoms with Crippen molar-refractivity contribution in [1.29, 1.82) is 0 Å². The van der Waals surface area contributed by atoms with Gasteiger partial charge in [0.05, 0.1) is 31.7 Å². The molecule has 2 aliphatic heterocycles. The van der Waals surface area contributed by atoms with Crippen molar-refractivity contribution in [3.63, 3.8) is 0 Å². The second-order valence-electron chi connectivity index (χ2n) is 11.2. The van der Waals surface area contributed by atoms with Gasteiger partial charge >= 0.3 is 0 Å². The number of aromatic hydroxyl groups is 1. The summed E-state index contributed by atoms with van der Waals surface area (Å²) in [6.07, 6.45) is 1.79. The molecule has 4 amide bonds. The Morgan fingerprint density at radius 2 is 1.69 bits per heavy atom. The Morgan fingerprint density at radius 1 is 0.976 bits per heavy atom. The number of allylic oxidation sites excluding steroid dienone is 2. The maximum absolute atomic E-state index is 14.1. The van der Waals surface area contributed by atoms with Gasteiger partial charge in [0, 0.05) is 35.7 Å². The maximum Gasteiger partial charge on any atom is 0.253 e. The van der Waals surface area contributed by atoms with Crippen molar-refractivity contribution < 1.29 is 33.8 Å². The van der Waals surface area contributed by atoms with Crippen LogP contribution in [-0.2, 0) is 19.2 Å². The predicted octanol–water partition coefficient (Wildman–Crippen LogP) is 4.56. The predicted molar refractivity (Wildman–Crippen MR) is 155 cm³/mol. The van der Waals surface area contributed by atoms with E-state index in [0.717, 1.165) is 15.4 Å². The van der Waals surface area contributed by atoms with Gasteiger partial charge in [0.1, 0.15) is 17.2 Å². The first kappa shape index (κ1) is 28.8. The van der Waals surface area contributed by atoms with Gasteiger partial charge in [-0.05, 0) is 43.4 Å². The zero-order valence-electron chi connectivity index (χ0n) is 23.1. The zero-order valence-corrected chi connectivity index (χ0v) is 25.4. The van der Waals surface area contributed by atoms with Crippen LogP contribution in [0, 0.1) is 24.7 Å². The minimum absolute atomic E-state index is 0.128. The number of carbonyl (C=O) groups excluding carboxylic acids is 4. The van der Waals surface area contributed by atoms with Gasteiger partial charge in [0.2, 0.25) is 11.8 Å². The van der Waals surface area contributed by atoms with Gasteiger partial charge in [-0.2, -0.15) is 0 Å². The van der Waals surface area contributed by atoms with Crippen LogP contribution in [0.1, 0.15) is 29.9 Å². The van der Waals surface area contributed by atoms with Crippen molar-refractivity contribution in [2.75, 3.05) is 26.2 Å². The number of methoxy groups -OCH3 is 2. The molecule has 6 atom stereocenters. The largest absolute Gasteiger partial charge is 0.507 e.